The molecule has 5 nitrogen and oxygen atoms in total. The van der Waals surface area contributed by atoms with Crippen LogP contribution in [-0.2, 0) is 24.4 Å². The van der Waals surface area contributed by atoms with E-state index in [1.165, 1.54) is 35.6 Å². The number of hydrogen-bond donors (Lipinski definition) is 1. The van der Waals surface area contributed by atoms with Crippen LogP contribution >= 0.6 is 11.3 Å². The van der Waals surface area contributed by atoms with Crippen molar-refractivity contribution in [3.8, 4) is 10.6 Å². The van der Waals surface area contributed by atoms with Gasteiger partial charge < -0.3 is 9.88 Å². The van der Waals surface area contributed by atoms with Crippen molar-refractivity contribution in [1.29, 1.82) is 0 Å². The Morgan fingerprint density at radius 3 is 2.58 bits per heavy atom. The van der Waals surface area contributed by atoms with Gasteiger partial charge in [-0.25, -0.2) is 14.4 Å². The molecule has 2 aromatic carbocycles. The Kier molecular flexibility index (Phi) is 6.28. The number of hydrogen-bond acceptors (Lipinski definition) is 4. The van der Waals surface area contributed by atoms with Crippen LogP contribution in [0.1, 0.15) is 28.7 Å². The summed E-state index contributed by atoms with van der Waals surface area (Å²) in [6, 6.07) is 9.96. The normalized spacial score (nSPS) is 12.5. The van der Waals surface area contributed by atoms with Crippen LogP contribution in [0.4, 0.5) is 17.6 Å². The third kappa shape index (κ3) is 5.28. The maximum absolute atomic E-state index is 13.8. The van der Waals surface area contributed by atoms with Gasteiger partial charge in [-0.3, -0.25) is 4.79 Å². The Labute approximate surface area is 190 Å². The average Bonchev–Trinajstić information content (AvgIpc) is 3.40. The highest BCUT2D eigenvalue weighted by atomic mass is 32.1. The lowest BCUT2D eigenvalue weighted by atomic mass is 10.1. The van der Waals surface area contributed by atoms with Gasteiger partial charge in [0.05, 0.1) is 17.7 Å². The van der Waals surface area contributed by atoms with Crippen molar-refractivity contribution in [2.75, 3.05) is 0 Å². The Hall–Kier alpha value is -3.53. The molecule has 0 aliphatic carbocycles. The molecule has 0 radical (unpaired) electrons. The number of rotatable bonds is 6. The molecule has 4 aromatic rings. The molecule has 0 saturated heterocycles. The maximum Gasteiger partial charge on any atom is 0.416 e. The van der Waals surface area contributed by atoms with Crippen LogP contribution in [0.25, 0.3) is 10.6 Å². The largest absolute Gasteiger partial charge is 0.416 e. The summed E-state index contributed by atoms with van der Waals surface area (Å²) in [5.41, 5.74) is 0.817. The van der Waals surface area contributed by atoms with Crippen LogP contribution in [-0.4, -0.2) is 20.4 Å². The van der Waals surface area contributed by atoms with E-state index in [1.807, 2.05) is 0 Å². The lowest BCUT2D eigenvalue weighted by Crippen LogP contribution is -2.32. The lowest BCUT2D eigenvalue weighted by Gasteiger charge is -2.19. The average molecular weight is 474 g/mol. The first-order valence-corrected chi connectivity index (χ1v) is 10.7. The lowest BCUT2D eigenvalue weighted by molar-refractivity contribution is -0.137. The Morgan fingerprint density at radius 2 is 1.94 bits per heavy atom. The summed E-state index contributed by atoms with van der Waals surface area (Å²) in [6.07, 6.45) is -1.14. The summed E-state index contributed by atoms with van der Waals surface area (Å²) in [6.45, 7) is 0. The molecule has 2 heterocycles. The molecule has 0 bridgehead atoms. The molecule has 1 unspecified atom stereocenters. The van der Waals surface area contributed by atoms with Crippen LogP contribution in [0.3, 0.4) is 0 Å². The smallest absolute Gasteiger partial charge is 0.342 e. The monoisotopic (exact) mass is 474 g/mol. The van der Waals surface area contributed by atoms with Gasteiger partial charge in [0.2, 0.25) is 5.91 Å². The maximum atomic E-state index is 13.8. The second-order valence-electron chi connectivity index (χ2n) is 7.35. The molecule has 33 heavy (non-hydrogen) atoms. The van der Waals surface area contributed by atoms with Gasteiger partial charge in [0.1, 0.15) is 22.7 Å². The second-order valence-corrected chi connectivity index (χ2v) is 8.21. The Bertz CT molecular complexity index is 1260. The van der Waals surface area contributed by atoms with Crippen LogP contribution in [0.5, 0.6) is 0 Å². The minimum atomic E-state index is -4.41. The third-order valence-corrected chi connectivity index (χ3v) is 5.90. The van der Waals surface area contributed by atoms with Crippen molar-refractivity contribution in [2.24, 2.45) is 7.05 Å². The zero-order valence-corrected chi connectivity index (χ0v) is 18.1. The van der Waals surface area contributed by atoms with E-state index in [0.717, 1.165) is 12.1 Å². The molecule has 1 N–H and O–H groups in total. The summed E-state index contributed by atoms with van der Waals surface area (Å²) in [7, 11) is 1.78. The topological polar surface area (TPSA) is 59.8 Å². The molecule has 2 aromatic heterocycles. The standard InChI is InChI=1S/C23H18F4N4OS/c1-31-10-9-28-21(31)20(15-3-2-4-17(24)11-15)30-19(32)12-18-13-33-22(29-18)14-5-7-16(8-6-14)23(25,26)27/h2-11,13,20H,12H2,1H3,(H,30,32). The molecule has 0 spiro atoms. The highest BCUT2D eigenvalue weighted by Crippen LogP contribution is 2.32. The molecule has 1 atom stereocenters. The Morgan fingerprint density at radius 1 is 1.18 bits per heavy atom. The first-order chi connectivity index (χ1) is 15.7. The summed E-state index contributed by atoms with van der Waals surface area (Å²) >= 11 is 1.24. The van der Waals surface area contributed by atoms with E-state index in [4.69, 9.17) is 0 Å². The van der Waals surface area contributed by atoms with E-state index >= 15 is 0 Å². The van der Waals surface area contributed by atoms with Gasteiger partial charge in [-0.1, -0.05) is 24.3 Å². The highest BCUT2D eigenvalue weighted by Gasteiger charge is 2.30. The summed E-state index contributed by atoms with van der Waals surface area (Å²) < 4.78 is 53.8. The van der Waals surface area contributed by atoms with Crippen molar-refractivity contribution < 1.29 is 22.4 Å². The molecule has 0 fully saturated rings. The molecular weight excluding hydrogens is 456 g/mol. The summed E-state index contributed by atoms with van der Waals surface area (Å²) in [5, 5.41) is 5.07. The van der Waals surface area contributed by atoms with Crippen LogP contribution in [0, 0.1) is 5.82 Å². The van der Waals surface area contributed by atoms with Gasteiger partial charge in [0, 0.05) is 30.4 Å². The van der Waals surface area contributed by atoms with Crippen molar-refractivity contribution in [2.45, 2.75) is 18.6 Å². The molecule has 1 amide bonds. The van der Waals surface area contributed by atoms with E-state index in [-0.39, 0.29) is 12.3 Å². The number of amides is 1. The van der Waals surface area contributed by atoms with E-state index in [2.05, 4.69) is 15.3 Å². The van der Waals surface area contributed by atoms with E-state index in [1.54, 1.807) is 41.5 Å². The highest BCUT2D eigenvalue weighted by molar-refractivity contribution is 7.13. The number of carbonyl (C=O) groups is 1. The predicted molar refractivity (Wildman–Crippen MR) is 116 cm³/mol. The molecule has 4 rings (SSSR count). The number of thiazole rings is 1. The van der Waals surface area contributed by atoms with E-state index in [0.29, 0.717) is 27.7 Å². The van der Waals surface area contributed by atoms with Gasteiger partial charge in [0.15, 0.2) is 0 Å². The first-order valence-electron chi connectivity index (χ1n) is 9.85. The molecule has 0 aliphatic heterocycles. The SMILES string of the molecule is Cn1ccnc1C(NC(=O)Cc1csc(-c2ccc(C(F)(F)F)cc2)n1)c1cccc(F)c1. The minimum absolute atomic E-state index is 0.0482. The second kappa shape index (κ2) is 9.14. The molecule has 10 heteroatoms. The van der Waals surface area contributed by atoms with Gasteiger partial charge in [-0.2, -0.15) is 13.2 Å². The van der Waals surface area contributed by atoms with Gasteiger partial charge in [-0.15, -0.1) is 11.3 Å². The van der Waals surface area contributed by atoms with Crippen molar-refractivity contribution in [1.82, 2.24) is 19.9 Å². The zero-order chi connectivity index (χ0) is 23.6. The number of carbonyl (C=O) groups excluding carboxylic acids is 1. The zero-order valence-electron chi connectivity index (χ0n) is 17.3. The van der Waals surface area contributed by atoms with E-state index in [9.17, 15) is 22.4 Å². The summed E-state index contributed by atoms with van der Waals surface area (Å²) in [4.78, 5) is 21.5. The van der Waals surface area contributed by atoms with E-state index < -0.39 is 23.6 Å². The fourth-order valence-electron chi connectivity index (χ4n) is 3.34. The number of alkyl halides is 3. The number of nitrogens with one attached hydrogen (secondary N) is 1. The van der Waals surface area contributed by atoms with Gasteiger partial charge in [0.25, 0.3) is 0 Å². The Balaban J connectivity index is 1.50. The molecular formula is C23H18F4N4OS. The molecule has 170 valence electrons. The number of nitrogens with zero attached hydrogens (tertiary/aromatic N) is 3. The number of benzene rings is 2. The van der Waals surface area contributed by atoms with Crippen molar-refractivity contribution in [3.05, 3.63) is 94.8 Å². The third-order valence-electron chi connectivity index (χ3n) is 4.96. The summed E-state index contributed by atoms with van der Waals surface area (Å²) in [5.74, 6) is -0.240. The fraction of sp³-hybridized carbons (Fsp3) is 0.174. The predicted octanol–water partition coefficient (Wildman–Crippen LogP) is 5.15. The van der Waals surface area contributed by atoms with Crippen LogP contribution in [0.15, 0.2) is 66.3 Å². The van der Waals surface area contributed by atoms with Crippen molar-refractivity contribution >= 4 is 17.2 Å². The molecule has 0 aliphatic rings. The van der Waals surface area contributed by atoms with Crippen LogP contribution in [0.2, 0.25) is 0 Å². The number of imidazole rings is 1. The van der Waals surface area contributed by atoms with Gasteiger partial charge in [-0.05, 0) is 29.8 Å². The number of aromatic nitrogens is 3. The van der Waals surface area contributed by atoms with Gasteiger partial charge >= 0.3 is 6.18 Å². The number of aryl methyl sites for hydroxylation is 1. The quantitative estimate of drug-likeness (QED) is 0.393. The first kappa shape index (κ1) is 22.7. The number of halogens is 4. The van der Waals surface area contributed by atoms with Crippen molar-refractivity contribution in [3.63, 3.8) is 0 Å². The minimum Gasteiger partial charge on any atom is -0.342 e. The fourth-order valence-corrected chi connectivity index (χ4v) is 4.16. The molecule has 0 saturated carbocycles. The van der Waals surface area contributed by atoms with Crippen LogP contribution < -0.4 is 5.32 Å².